The molecule has 1 atom stereocenters. The van der Waals surface area contributed by atoms with Crippen LogP contribution in [0.25, 0.3) is 10.2 Å². The lowest BCUT2D eigenvalue weighted by Crippen LogP contribution is -2.22. The summed E-state index contributed by atoms with van der Waals surface area (Å²) in [6.07, 6.45) is -1.09. The highest BCUT2D eigenvalue weighted by molar-refractivity contribution is 7.16. The predicted molar refractivity (Wildman–Crippen MR) is 90.9 cm³/mol. The van der Waals surface area contributed by atoms with Gasteiger partial charge in [-0.15, -0.1) is 11.3 Å². The van der Waals surface area contributed by atoms with Crippen molar-refractivity contribution in [3.63, 3.8) is 0 Å². The second kappa shape index (κ2) is 7.23. The van der Waals surface area contributed by atoms with Gasteiger partial charge in [0.1, 0.15) is 0 Å². The fraction of sp³-hybridized carbons (Fsp3) is 0.167. The van der Waals surface area contributed by atoms with E-state index in [1.807, 2.05) is 6.07 Å². The molecule has 1 aromatic heterocycles. The van der Waals surface area contributed by atoms with Crippen LogP contribution in [0.5, 0.6) is 0 Å². The molecule has 24 heavy (non-hydrogen) atoms. The molecule has 0 bridgehead atoms. The van der Waals surface area contributed by atoms with Crippen molar-refractivity contribution in [3.05, 3.63) is 65.2 Å². The van der Waals surface area contributed by atoms with Gasteiger partial charge in [-0.1, -0.05) is 30.3 Å². The van der Waals surface area contributed by atoms with E-state index in [0.29, 0.717) is 11.1 Å². The summed E-state index contributed by atoms with van der Waals surface area (Å²) in [4.78, 5) is 28.8. The van der Waals surface area contributed by atoms with E-state index in [0.717, 1.165) is 10.2 Å². The zero-order chi connectivity index (χ0) is 16.9. The van der Waals surface area contributed by atoms with Crippen molar-refractivity contribution in [2.75, 3.05) is 6.61 Å². The molecule has 0 unspecified atom stereocenters. The molecule has 2 aromatic carbocycles. The number of aromatic nitrogens is 1. The summed E-state index contributed by atoms with van der Waals surface area (Å²) < 4.78 is 11.3. The Morgan fingerprint density at radius 1 is 1.17 bits per heavy atom. The lowest BCUT2D eigenvalue weighted by Gasteiger charge is -2.16. The van der Waals surface area contributed by atoms with Crippen molar-refractivity contribution < 1.29 is 19.1 Å². The first kappa shape index (κ1) is 16.1. The summed E-state index contributed by atoms with van der Waals surface area (Å²) >= 11 is 1.44. The second-order valence-corrected chi connectivity index (χ2v) is 5.87. The zero-order valence-electron chi connectivity index (χ0n) is 13.0. The van der Waals surface area contributed by atoms with Crippen LogP contribution in [0.2, 0.25) is 0 Å². The second-order valence-electron chi connectivity index (χ2n) is 4.98. The van der Waals surface area contributed by atoms with Crippen LogP contribution in [0.3, 0.4) is 0 Å². The fourth-order valence-electron chi connectivity index (χ4n) is 2.26. The molecule has 3 aromatic rings. The lowest BCUT2D eigenvalue weighted by molar-refractivity contribution is -0.153. The number of fused-ring (bicyclic) bond motifs is 1. The van der Waals surface area contributed by atoms with Crippen LogP contribution in [0.15, 0.2) is 54.0 Å². The number of nitrogens with zero attached hydrogens (tertiary/aromatic N) is 1. The van der Waals surface area contributed by atoms with E-state index in [1.165, 1.54) is 11.3 Å². The molecule has 5 nitrogen and oxygen atoms in total. The maximum absolute atomic E-state index is 12.5. The molecule has 3 rings (SSSR count). The maximum atomic E-state index is 12.5. The third-order valence-electron chi connectivity index (χ3n) is 3.39. The molecule has 0 aliphatic rings. The molecule has 0 amide bonds. The van der Waals surface area contributed by atoms with Crippen LogP contribution in [-0.2, 0) is 14.3 Å². The van der Waals surface area contributed by atoms with Crippen LogP contribution < -0.4 is 0 Å². The van der Waals surface area contributed by atoms with E-state index in [2.05, 4.69) is 4.98 Å². The molecular formula is C18H15NO4S. The van der Waals surface area contributed by atoms with Gasteiger partial charge in [-0.3, -0.25) is 0 Å². The first-order chi connectivity index (χ1) is 11.7. The minimum Gasteiger partial charge on any atom is -0.463 e. The van der Waals surface area contributed by atoms with Crippen molar-refractivity contribution in [1.82, 2.24) is 4.98 Å². The number of esters is 2. The highest BCUT2D eigenvalue weighted by atomic mass is 32.1. The molecule has 0 N–H and O–H groups in total. The quantitative estimate of drug-likeness (QED) is 0.661. The third-order valence-corrected chi connectivity index (χ3v) is 4.19. The van der Waals surface area contributed by atoms with Crippen LogP contribution in [0, 0.1) is 0 Å². The average molecular weight is 341 g/mol. The van der Waals surface area contributed by atoms with Gasteiger partial charge in [0.2, 0.25) is 6.10 Å². The molecule has 0 spiro atoms. The molecule has 0 radical (unpaired) electrons. The summed E-state index contributed by atoms with van der Waals surface area (Å²) in [5.74, 6) is -1.16. The number of ether oxygens (including phenoxy) is 2. The number of carbonyl (C=O) groups is 2. The molecule has 122 valence electrons. The Kier molecular flexibility index (Phi) is 4.86. The fourth-order valence-corrected chi connectivity index (χ4v) is 2.97. The van der Waals surface area contributed by atoms with Gasteiger partial charge in [0.25, 0.3) is 0 Å². The zero-order valence-corrected chi connectivity index (χ0v) is 13.8. The minimum absolute atomic E-state index is 0.215. The molecular weight excluding hydrogens is 326 g/mol. The monoisotopic (exact) mass is 341 g/mol. The first-order valence-corrected chi connectivity index (χ1v) is 8.33. The van der Waals surface area contributed by atoms with Gasteiger partial charge in [-0.2, -0.15) is 0 Å². The average Bonchev–Trinajstić information content (AvgIpc) is 3.08. The van der Waals surface area contributed by atoms with Gasteiger partial charge in [0.05, 0.1) is 27.9 Å². The Balaban J connectivity index is 1.85. The summed E-state index contributed by atoms with van der Waals surface area (Å²) in [7, 11) is 0. The molecule has 6 heteroatoms. The number of benzene rings is 2. The SMILES string of the molecule is CCOC(=O)[C@H](OC(=O)c1ccc2ncsc2c1)c1ccccc1. The summed E-state index contributed by atoms with van der Waals surface area (Å²) in [6, 6.07) is 13.9. The van der Waals surface area contributed by atoms with E-state index in [-0.39, 0.29) is 6.61 Å². The highest BCUT2D eigenvalue weighted by Crippen LogP contribution is 2.23. The molecule has 0 saturated carbocycles. The van der Waals surface area contributed by atoms with E-state index >= 15 is 0 Å². The van der Waals surface area contributed by atoms with Crippen molar-refractivity contribution in [2.45, 2.75) is 13.0 Å². The standard InChI is InChI=1S/C18H15NO4S/c1-2-22-18(21)16(12-6-4-3-5-7-12)23-17(20)13-8-9-14-15(10-13)24-11-19-14/h3-11,16H,2H2,1H3/t16-/m1/s1. The first-order valence-electron chi connectivity index (χ1n) is 7.45. The Morgan fingerprint density at radius 3 is 2.71 bits per heavy atom. The number of rotatable bonds is 5. The molecule has 0 saturated heterocycles. The van der Waals surface area contributed by atoms with E-state index in [9.17, 15) is 9.59 Å². The largest absolute Gasteiger partial charge is 0.463 e. The predicted octanol–water partition coefficient (Wildman–Crippen LogP) is 3.76. The van der Waals surface area contributed by atoms with Gasteiger partial charge in [-0.05, 0) is 25.1 Å². The normalized spacial score (nSPS) is 11.9. The minimum atomic E-state index is -1.09. The van der Waals surface area contributed by atoms with Gasteiger partial charge in [-0.25, -0.2) is 14.6 Å². The van der Waals surface area contributed by atoms with Crippen LogP contribution in [-0.4, -0.2) is 23.5 Å². The van der Waals surface area contributed by atoms with Crippen LogP contribution >= 0.6 is 11.3 Å². The topological polar surface area (TPSA) is 65.5 Å². The molecule has 0 aliphatic heterocycles. The Labute approximate surface area is 142 Å². The van der Waals surface area contributed by atoms with Crippen molar-refractivity contribution in [2.24, 2.45) is 0 Å². The van der Waals surface area contributed by atoms with Gasteiger partial charge in [0, 0.05) is 5.56 Å². The van der Waals surface area contributed by atoms with Crippen molar-refractivity contribution in [3.8, 4) is 0 Å². The number of hydrogen-bond acceptors (Lipinski definition) is 6. The van der Waals surface area contributed by atoms with E-state index in [1.54, 1.807) is 54.9 Å². The van der Waals surface area contributed by atoms with Crippen LogP contribution in [0.4, 0.5) is 0 Å². The number of thiazole rings is 1. The smallest absolute Gasteiger partial charge is 0.352 e. The third kappa shape index (κ3) is 3.44. The van der Waals surface area contributed by atoms with Gasteiger partial charge >= 0.3 is 11.9 Å². The summed E-state index contributed by atoms with van der Waals surface area (Å²) in [5.41, 5.74) is 3.48. The van der Waals surface area contributed by atoms with Crippen molar-refractivity contribution in [1.29, 1.82) is 0 Å². The Hall–Kier alpha value is -2.73. The Bertz CT molecular complexity index is 860. The number of carbonyl (C=O) groups excluding carboxylic acids is 2. The number of hydrogen-bond donors (Lipinski definition) is 0. The molecule has 0 fully saturated rings. The maximum Gasteiger partial charge on any atom is 0.352 e. The Morgan fingerprint density at radius 2 is 1.96 bits per heavy atom. The summed E-state index contributed by atoms with van der Waals surface area (Å²) in [6.45, 7) is 1.92. The lowest BCUT2D eigenvalue weighted by atomic mass is 10.1. The van der Waals surface area contributed by atoms with Gasteiger partial charge in [0.15, 0.2) is 0 Å². The van der Waals surface area contributed by atoms with E-state index < -0.39 is 18.0 Å². The highest BCUT2D eigenvalue weighted by Gasteiger charge is 2.27. The van der Waals surface area contributed by atoms with Gasteiger partial charge < -0.3 is 9.47 Å². The van der Waals surface area contributed by atoms with Crippen LogP contribution in [0.1, 0.15) is 28.9 Å². The van der Waals surface area contributed by atoms with Crippen molar-refractivity contribution >= 4 is 33.5 Å². The molecule has 1 heterocycles. The summed E-state index contributed by atoms with van der Waals surface area (Å²) in [5, 5.41) is 0. The van der Waals surface area contributed by atoms with E-state index in [4.69, 9.17) is 9.47 Å². The molecule has 0 aliphatic carbocycles.